The maximum absolute atomic E-state index is 2.60. The van der Waals surface area contributed by atoms with Crippen LogP contribution >= 0.6 is 0 Å². The van der Waals surface area contributed by atoms with Crippen molar-refractivity contribution in [3.8, 4) is 0 Å². The lowest BCUT2D eigenvalue weighted by atomic mass is 10.1. The summed E-state index contributed by atoms with van der Waals surface area (Å²) >= 11 is 0. The van der Waals surface area contributed by atoms with Gasteiger partial charge in [0, 0.05) is 5.69 Å². The average molecular weight is 303 g/mol. The Morgan fingerprint density at radius 1 is 0.864 bits per heavy atom. The van der Waals surface area contributed by atoms with E-state index in [-0.39, 0.29) is 0 Å². The number of likely N-dealkylation sites (tertiary alicyclic amines) is 1. The Kier molecular flexibility index (Phi) is 5.37. The van der Waals surface area contributed by atoms with Gasteiger partial charge in [0.15, 0.2) is 0 Å². The Bertz CT molecular complexity index is 472. The highest BCUT2D eigenvalue weighted by molar-refractivity contribution is 5.55. The summed E-state index contributed by atoms with van der Waals surface area (Å²) in [6, 6.07) is 6.85. The number of nitrogens with zero attached hydrogens (tertiary/aromatic N) is 1. The number of hydrogen-bond acceptors (Lipinski definition) is 1. The largest absolute Gasteiger partial charge is 0.360 e. The average Bonchev–Trinajstić information content (AvgIpc) is 2.57. The van der Waals surface area contributed by atoms with Gasteiger partial charge in [-0.05, 0) is 50.3 Å². The van der Waals surface area contributed by atoms with Crippen molar-refractivity contribution in [2.75, 3.05) is 57.3 Å². The summed E-state index contributed by atoms with van der Waals surface area (Å²) in [5.74, 6) is 0. The highest BCUT2D eigenvalue weighted by atomic mass is 15.3. The van der Waals surface area contributed by atoms with E-state index in [4.69, 9.17) is 0 Å². The molecule has 0 aromatic heterocycles. The van der Waals surface area contributed by atoms with Crippen LogP contribution < -0.4 is 14.7 Å². The molecule has 0 bridgehead atoms. The molecule has 3 rings (SSSR count). The van der Waals surface area contributed by atoms with Crippen LogP contribution in [-0.2, 0) is 0 Å². The Morgan fingerprint density at radius 3 is 2.18 bits per heavy atom. The lowest BCUT2D eigenvalue weighted by Gasteiger charge is -2.35. The van der Waals surface area contributed by atoms with E-state index in [1.165, 1.54) is 88.4 Å². The normalized spacial score (nSPS) is 21.3. The second-order valence-electron chi connectivity index (χ2n) is 7.34. The number of piperazine rings is 1. The Hall–Kier alpha value is -1.06. The second kappa shape index (κ2) is 7.47. The summed E-state index contributed by atoms with van der Waals surface area (Å²) < 4.78 is 0. The van der Waals surface area contributed by atoms with Crippen molar-refractivity contribution in [1.82, 2.24) is 0 Å². The van der Waals surface area contributed by atoms with E-state index in [1.54, 1.807) is 0 Å². The molecule has 1 aromatic rings. The molecule has 22 heavy (non-hydrogen) atoms. The molecule has 0 spiro atoms. The van der Waals surface area contributed by atoms with Crippen LogP contribution in [0.2, 0.25) is 0 Å². The minimum atomic E-state index is 1.22. The van der Waals surface area contributed by atoms with Crippen LogP contribution in [-0.4, -0.2) is 52.4 Å². The van der Waals surface area contributed by atoms with Crippen molar-refractivity contribution in [3.63, 3.8) is 0 Å². The third kappa shape index (κ3) is 4.02. The first-order valence-corrected chi connectivity index (χ1v) is 9.22. The quantitative estimate of drug-likeness (QED) is 0.803. The summed E-state index contributed by atoms with van der Waals surface area (Å²) in [5, 5.41) is 0. The fourth-order valence-electron chi connectivity index (χ4n) is 4.03. The Labute approximate surface area is 135 Å². The Balaban J connectivity index is 1.46. The number of aryl methyl sites for hydroxylation is 2. The summed E-state index contributed by atoms with van der Waals surface area (Å²) in [6.45, 7) is 15.1. The molecule has 2 aliphatic heterocycles. The first kappa shape index (κ1) is 15.8. The molecule has 2 fully saturated rings. The van der Waals surface area contributed by atoms with Crippen molar-refractivity contribution >= 4 is 5.69 Å². The molecule has 1 aromatic carbocycles. The highest BCUT2D eigenvalue weighted by Gasteiger charge is 2.23. The van der Waals surface area contributed by atoms with Crippen molar-refractivity contribution in [2.45, 2.75) is 33.1 Å². The lowest BCUT2D eigenvalue weighted by molar-refractivity contribution is -0.959. The van der Waals surface area contributed by atoms with Gasteiger partial charge in [-0.25, -0.2) is 0 Å². The molecular weight excluding hydrogens is 270 g/mol. The van der Waals surface area contributed by atoms with Gasteiger partial charge in [-0.2, -0.15) is 0 Å². The van der Waals surface area contributed by atoms with Crippen LogP contribution in [0, 0.1) is 13.8 Å². The molecule has 122 valence electrons. The van der Waals surface area contributed by atoms with Gasteiger partial charge in [0.1, 0.15) is 13.1 Å². The van der Waals surface area contributed by atoms with Gasteiger partial charge >= 0.3 is 0 Å². The summed E-state index contributed by atoms with van der Waals surface area (Å²) in [7, 11) is 0. The third-order valence-corrected chi connectivity index (χ3v) is 5.57. The molecule has 2 N–H and O–H groups in total. The molecule has 0 radical (unpaired) electrons. The summed E-state index contributed by atoms with van der Waals surface area (Å²) in [5.41, 5.74) is 4.26. The van der Waals surface area contributed by atoms with Crippen LogP contribution in [0.3, 0.4) is 0 Å². The first-order valence-electron chi connectivity index (χ1n) is 9.22. The van der Waals surface area contributed by atoms with Gasteiger partial charge in [-0.1, -0.05) is 12.1 Å². The van der Waals surface area contributed by atoms with E-state index >= 15 is 0 Å². The molecule has 0 unspecified atom stereocenters. The number of rotatable bonds is 4. The predicted octanol–water partition coefficient (Wildman–Crippen LogP) is 0.0771. The number of hydrogen-bond donors (Lipinski definition) is 2. The molecule has 0 amide bonds. The topological polar surface area (TPSA) is 12.1 Å². The van der Waals surface area contributed by atoms with E-state index in [2.05, 4.69) is 36.9 Å². The third-order valence-electron chi connectivity index (χ3n) is 5.57. The SMILES string of the molecule is Cc1ccc(C)c(N2CC[NH+](CC[NH+]3CCCCC3)CC2)c1. The number of anilines is 1. The zero-order chi connectivity index (χ0) is 15.4. The van der Waals surface area contributed by atoms with Crippen LogP contribution in [0.5, 0.6) is 0 Å². The smallest absolute Gasteiger partial charge is 0.127 e. The number of nitrogens with one attached hydrogen (secondary N) is 2. The second-order valence-corrected chi connectivity index (χ2v) is 7.34. The number of piperidine rings is 1. The zero-order valence-corrected chi connectivity index (χ0v) is 14.5. The van der Waals surface area contributed by atoms with Gasteiger partial charge < -0.3 is 14.7 Å². The minimum absolute atomic E-state index is 1.22. The molecule has 0 saturated carbocycles. The molecular formula is C19H33N3+2. The maximum atomic E-state index is 2.60. The minimum Gasteiger partial charge on any atom is -0.360 e. The molecule has 2 heterocycles. The standard InChI is InChI=1S/C19H31N3/c1-17-6-7-18(2)19(16-17)22-14-12-21(13-15-22)11-10-20-8-4-3-5-9-20/h6-7,16H,3-5,8-15H2,1-2H3/p+2. The van der Waals surface area contributed by atoms with Crippen molar-refractivity contribution in [1.29, 1.82) is 0 Å². The van der Waals surface area contributed by atoms with Gasteiger partial charge in [0.2, 0.25) is 0 Å². The lowest BCUT2D eigenvalue weighted by Crippen LogP contribution is -3.21. The fraction of sp³-hybridized carbons (Fsp3) is 0.684. The van der Waals surface area contributed by atoms with Gasteiger partial charge in [-0.15, -0.1) is 0 Å². The summed E-state index contributed by atoms with van der Waals surface area (Å²) in [6.07, 6.45) is 4.36. The van der Waals surface area contributed by atoms with Crippen LogP contribution in [0.15, 0.2) is 18.2 Å². The number of quaternary nitrogens is 2. The van der Waals surface area contributed by atoms with E-state index < -0.39 is 0 Å². The van der Waals surface area contributed by atoms with Gasteiger partial charge in [-0.3, -0.25) is 0 Å². The fourth-order valence-corrected chi connectivity index (χ4v) is 4.03. The predicted molar refractivity (Wildman–Crippen MR) is 93.1 cm³/mol. The first-order chi connectivity index (χ1) is 10.7. The van der Waals surface area contributed by atoms with Crippen LogP contribution in [0.4, 0.5) is 5.69 Å². The van der Waals surface area contributed by atoms with Crippen LogP contribution in [0.1, 0.15) is 30.4 Å². The maximum Gasteiger partial charge on any atom is 0.127 e. The van der Waals surface area contributed by atoms with Crippen molar-refractivity contribution < 1.29 is 9.80 Å². The highest BCUT2D eigenvalue weighted by Crippen LogP contribution is 2.21. The van der Waals surface area contributed by atoms with E-state index in [1.807, 2.05) is 9.80 Å². The summed E-state index contributed by atoms with van der Waals surface area (Å²) in [4.78, 5) is 6.27. The molecule has 3 nitrogen and oxygen atoms in total. The van der Waals surface area contributed by atoms with E-state index in [9.17, 15) is 0 Å². The van der Waals surface area contributed by atoms with Gasteiger partial charge in [0.25, 0.3) is 0 Å². The zero-order valence-electron chi connectivity index (χ0n) is 14.5. The molecule has 0 aliphatic carbocycles. The Morgan fingerprint density at radius 2 is 1.50 bits per heavy atom. The molecule has 2 saturated heterocycles. The van der Waals surface area contributed by atoms with Gasteiger partial charge in [0.05, 0.1) is 39.3 Å². The number of benzene rings is 1. The molecule has 3 heteroatoms. The van der Waals surface area contributed by atoms with Crippen LogP contribution in [0.25, 0.3) is 0 Å². The van der Waals surface area contributed by atoms with Crippen molar-refractivity contribution in [3.05, 3.63) is 29.3 Å². The molecule has 2 aliphatic rings. The monoisotopic (exact) mass is 303 g/mol. The van der Waals surface area contributed by atoms with E-state index in [0.717, 1.165) is 0 Å². The molecule has 0 atom stereocenters. The van der Waals surface area contributed by atoms with Crippen molar-refractivity contribution in [2.24, 2.45) is 0 Å². The van der Waals surface area contributed by atoms with E-state index in [0.29, 0.717) is 0 Å².